The molecule has 0 saturated carbocycles. The van der Waals surface area contributed by atoms with Gasteiger partial charge in [-0.25, -0.2) is 15.0 Å². The van der Waals surface area contributed by atoms with E-state index in [1.165, 1.54) is 0 Å². The van der Waals surface area contributed by atoms with Crippen LogP contribution in [0.4, 0.5) is 5.82 Å². The summed E-state index contributed by atoms with van der Waals surface area (Å²) < 4.78 is 0. The zero-order valence-corrected chi connectivity index (χ0v) is 11.7. The Hall–Kier alpha value is -1.53. The van der Waals surface area contributed by atoms with Gasteiger partial charge in [-0.1, -0.05) is 0 Å². The molecule has 5 nitrogen and oxygen atoms in total. The summed E-state index contributed by atoms with van der Waals surface area (Å²) in [5.41, 5.74) is 7.69. The Kier molecular flexibility index (Phi) is 3.88. The first-order valence-corrected chi connectivity index (χ1v) is 6.60. The number of aromatic nitrogens is 3. The van der Waals surface area contributed by atoms with Crippen LogP contribution in [0.3, 0.4) is 0 Å². The van der Waals surface area contributed by atoms with Crippen molar-refractivity contribution in [1.29, 1.82) is 0 Å². The largest absolute Gasteiger partial charge is 0.384 e. The fourth-order valence-electron chi connectivity index (χ4n) is 1.78. The molecule has 0 fully saturated rings. The molecule has 2 aromatic heterocycles. The molecule has 2 rings (SSSR count). The Bertz CT molecular complexity index is 517. The van der Waals surface area contributed by atoms with Crippen LogP contribution in [-0.2, 0) is 13.1 Å². The van der Waals surface area contributed by atoms with E-state index in [9.17, 15) is 0 Å². The van der Waals surface area contributed by atoms with Crippen LogP contribution in [-0.4, -0.2) is 26.9 Å². The van der Waals surface area contributed by atoms with Crippen LogP contribution in [0, 0.1) is 13.8 Å². The minimum Gasteiger partial charge on any atom is -0.384 e. The van der Waals surface area contributed by atoms with Crippen molar-refractivity contribution in [3.8, 4) is 0 Å². The van der Waals surface area contributed by atoms with Gasteiger partial charge in [-0.15, -0.1) is 11.3 Å². The molecule has 2 heterocycles. The first-order valence-electron chi connectivity index (χ1n) is 5.72. The lowest BCUT2D eigenvalue weighted by molar-refractivity contribution is 0.307. The van der Waals surface area contributed by atoms with Crippen molar-refractivity contribution >= 4 is 17.2 Å². The summed E-state index contributed by atoms with van der Waals surface area (Å²) in [6.07, 6.45) is 0. The van der Waals surface area contributed by atoms with Crippen LogP contribution in [0.1, 0.15) is 22.2 Å². The summed E-state index contributed by atoms with van der Waals surface area (Å²) in [5.74, 6) is 1.28. The fourth-order valence-corrected chi connectivity index (χ4v) is 2.39. The zero-order valence-electron chi connectivity index (χ0n) is 10.8. The van der Waals surface area contributed by atoms with Gasteiger partial charge in [0.05, 0.1) is 17.2 Å². The van der Waals surface area contributed by atoms with Crippen molar-refractivity contribution in [2.45, 2.75) is 26.9 Å². The summed E-state index contributed by atoms with van der Waals surface area (Å²) >= 11 is 1.67. The second-order valence-electron chi connectivity index (χ2n) is 4.38. The van der Waals surface area contributed by atoms with Crippen molar-refractivity contribution in [3.63, 3.8) is 0 Å². The lowest BCUT2D eigenvalue weighted by atomic mass is 10.4. The van der Waals surface area contributed by atoms with Crippen LogP contribution >= 0.6 is 11.3 Å². The number of rotatable bonds is 4. The molecule has 0 saturated heterocycles. The topological polar surface area (TPSA) is 67.9 Å². The second kappa shape index (κ2) is 5.41. The average molecular weight is 263 g/mol. The molecule has 0 aliphatic heterocycles. The van der Waals surface area contributed by atoms with Crippen molar-refractivity contribution < 1.29 is 0 Å². The van der Waals surface area contributed by atoms with Crippen LogP contribution in [0.15, 0.2) is 11.4 Å². The summed E-state index contributed by atoms with van der Waals surface area (Å²) in [7, 11) is 2.02. The van der Waals surface area contributed by atoms with E-state index in [1.54, 1.807) is 17.4 Å². The molecule has 0 amide bonds. The molecular weight excluding hydrogens is 246 g/mol. The van der Waals surface area contributed by atoms with Crippen molar-refractivity contribution in [2.75, 3.05) is 12.8 Å². The number of nitrogens with two attached hydrogens (primary N) is 1. The van der Waals surface area contributed by atoms with E-state index in [2.05, 4.69) is 25.2 Å². The molecule has 0 aromatic carbocycles. The Morgan fingerprint density at radius 3 is 2.61 bits per heavy atom. The molecule has 0 atom stereocenters. The predicted octanol–water partition coefficient (Wildman–Crippen LogP) is 1.76. The minimum atomic E-state index is 0.524. The Balaban J connectivity index is 2.00. The van der Waals surface area contributed by atoms with Gasteiger partial charge in [0, 0.05) is 23.7 Å². The van der Waals surface area contributed by atoms with Gasteiger partial charge in [-0.3, -0.25) is 4.90 Å². The lowest BCUT2D eigenvalue weighted by Gasteiger charge is -2.14. The van der Waals surface area contributed by atoms with E-state index in [0.29, 0.717) is 12.4 Å². The minimum absolute atomic E-state index is 0.524. The molecule has 6 heteroatoms. The van der Waals surface area contributed by atoms with Crippen molar-refractivity contribution in [2.24, 2.45) is 0 Å². The third-order valence-corrected chi connectivity index (χ3v) is 3.25. The Morgan fingerprint density at radius 2 is 2.00 bits per heavy atom. The SMILES string of the molecule is Cc1cc(N)nc(CN(C)Cc2csc(C)n2)n1. The quantitative estimate of drug-likeness (QED) is 0.910. The van der Waals surface area contributed by atoms with E-state index in [1.807, 2.05) is 20.9 Å². The van der Waals surface area contributed by atoms with Gasteiger partial charge in [0.15, 0.2) is 0 Å². The van der Waals surface area contributed by atoms with Gasteiger partial charge in [0.25, 0.3) is 0 Å². The molecule has 18 heavy (non-hydrogen) atoms. The second-order valence-corrected chi connectivity index (χ2v) is 5.44. The van der Waals surface area contributed by atoms with Crippen LogP contribution < -0.4 is 5.73 Å². The molecular formula is C12H17N5S. The Morgan fingerprint density at radius 1 is 1.22 bits per heavy atom. The van der Waals surface area contributed by atoms with E-state index in [0.717, 1.165) is 28.8 Å². The number of hydrogen-bond acceptors (Lipinski definition) is 6. The van der Waals surface area contributed by atoms with Gasteiger partial charge < -0.3 is 5.73 Å². The predicted molar refractivity (Wildman–Crippen MR) is 73.2 cm³/mol. The first kappa shape index (κ1) is 12.9. The van der Waals surface area contributed by atoms with Crippen LogP contribution in [0.5, 0.6) is 0 Å². The summed E-state index contributed by atoms with van der Waals surface area (Å²) in [4.78, 5) is 15.2. The molecule has 0 aliphatic rings. The number of thiazole rings is 1. The Labute approximate surface area is 111 Å². The summed E-state index contributed by atoms with van der Waals surface area (Å²) in [6.45, 7) is 5.40. The number of nitrogens with zero attached hydrogens (tertiary/aromatic N) is 4. The highest BCUT2D eigenvalue weighted by Gasteiger charge is 2.07. The van der Waals surface area contributed by atoms with Gasteiger partial charge in [-0.05, 0) is 20.9 Å². The van der Waals surface area contributed by atoms with Crippen LogP contribution in [0.25, 0.3) is 0 Å². The van der Waals surface area contributed by atoms with E-state index in [-0.39, 0.29) is 0 Å². The molecule has 0 bridgehead atoms. The highest BCUT2D eigenvalue weighted by Crippen LogP contribution is 2.11. The summed E-state index contributed by atoms with van der Waals surface area (Å²) in [5, 5.41) is 3.17. The fraction of sp³-hybridized carbons (Fsp3) is 0.417. The van der Waals surface area contributed by atoms with Gasteiger partial charge >= 0.3 is 0 Å². The number of aryl methyl sites for hydroxylation is 2. The summed E-state index contributed by atoms with van der Waals surface area (Å²) in [6, 6.07) is 1.77. The first-order chi connectivity index (χ1) is 8.52. The lowest BCUT2D eigenvalue weighted by Crippen LogP contribution is -2.19. The number of hydrogen-bond donors (Lipinski definition) is 1. The molecule has 2 N–H and O–H groups in total. The molecule has 0 spiro atoms. The molecule has 0 unspecified atom stereocenters. The van der Waals surface area contributed by atoms with Crippen LogP contribution in [0.2, 0.25) is 0 Å². The van der Waals surface area contributed by atoms with Crippen molar-refractivity contribution in [1.82, 2.24) is 19.9 Å². The van der Waals surface area contributed by atoms with E-state index < -0.39 is 0 Å². The number of nitrogen functional groups attached to an aromatic ring is 1. The molecule has 0 aliphatic carbocycles. The molecule has 96 valence electrons. The third kappa shape index (κ3) is 3.48. The monoisotopic (exact) mass is 263 g/mol. The maximum absolute atomic E-state index is 5.71. The smallest absolute Gasteiger partial charge is 0.144 e. The average Bonchev–Trinajstić information content (AvgIpc) is 2.61. The zero-order chi connectivity index (χ0) is 13.1. The van der Waals surface area contributed by atoms with E-state index in [4.69, 9.17) is 5.73 Å². The highest BCUT2D eigenvalue weighted by atomic mass is 32.1. The molecule has 2 aromatic rings. The molecule has 0 radical (unpaired) electrons. The van der Waals surface area contributed by atoms with Gasteiger partial charge in [-0.2, -0.15) is 0 Å². The normalized spacial score (nSPS) is 11.1. The van der Waals surface area contributed by atoms with Crippen molar-refractivity contribution in [3.05, 3.63) is 33.7 Å². The number of anilines is 1. The standard InChI is InChI=1S/C12H17N5S/c1-8-4-11(13)16-12(14-8)6-17(3)5-10-7-18-9(2)15-10/h4,7H,5-6H2,1-3H3,(H2,13,14,16). The maximum Gasteiger partial charge on any atom is 0.144 e. The van der Waals surface area contributed by atoms with Gasteiger partial charge in [0.2, 0.25) is 0 Å². The highest BCUT2D eigenvalue weighted by molar-refractivity contribution is 7.09. The van der Waals surface area contributed by atoms with Gasteiger partial charge in [0.1, 0.15) is 11.6 Å². The third-order valence-electron chi connectivity index (χ3n) is 2.43. The maximum atomic E-state index is 5.71. The van der Waals surface area contributed by atoms with E-state index >= 15 is 0 Å².